The first-order chi connectivity index (χ1) is 16.7. The molecular weight excluding hydrogens is 468 g/mol. The molecular formula is C24H22F4N4O3. The number of pyridine rings is 1. The monoisotopic (exact) mass is 490 g/mol. The molecule has 1 aromatic heterocycles. The number of hydrogen-bond acceptors (Lipinski definition) is 6. The van der Waals surface area contributed by atoms with Crippen LogP contribution in [0.15, 0.2) is 41.5 Å². The Balaban J connectivity index is 1.60. The molecule has 0 unspecified atom stereocenters. The van der Waals surface area contributed by atoms with Gasteiger partial charge < -0.3 is 20.5 Å². The molecule has 3 N–H and O–H groups in total. The zero-order chi connectivity index (χ0) is 25.2. The Morgan fingerprint density at radius 1 is 1.31 bits per heavy atom. The van der Waals surface area contributed by atoms with Gasteiger partial charge in [-0.05, 0) is 37.3 Å². The first kappa shape index (κ1) is 24.3. The van der Waals surface area contributed by atoms with Crippen LogP contribution in [-0.4, -0.2) is 42.2 Å². The number of carbonyl (C=O) groups is 1. The molecule has 1 aliphatic carbocycles. The Morgan fingerprint density at radius 3 is 2.80 bits per heavy atom. The number of aromatic nitrogens is 1. The Kier molecular flexibility index (Phi) is 6.56. The van der Waals surface area contributed by atoms with Gasteiger partial charge in [0.1, 0.15) is 42.2 Å². The number of rotatable bonds is 6. The molecule has 184 valence electrons. The molecule has 7 nitrogen and oxygen atoms in total. The number of amidine groups is 1. The molecule has 4 rings (SSSR count). The summed E-state index contributed by atoms with van der Waals surface area (Å²) in [6, 6.07) is 5.90. The maximum atomic E-state index is 14.9. The minimum Gasteiger partial charge on any atom is -0.479 e. The molecule has 1 aliphatic heterocycles. The number of nitrogens with two attached hydrogens (primary N) is 1. The van der Waals surface area contributed by atoms with Gasteiger partial charge in [-0.25, -0.2) is 27.5 Å². The fraction of sp³-hybridized carbons (Fsp3) is 0.375. The Labute approximate surface area is 198 Å². The van der Waals surface area contributed by atoms with E-state index in [1.54, 1.807) is 6.92 Å². The van der Waals surface area contributed by atoms with Gasteiger partial charge in [-0.15, -0.1) is 5.92 Å². The molecule has 1 fully saturated rings. The number of halogens is 4. The van der Waals surface area contributed by atoms with Crippen molar-refractivity contribution in [3.05, 3.63) is 53.6 Å². The van der Waals surface area contributed by atoms with Gasteiger partial charge >= 0.3 is 0 Å². The van der Waals surface area contributed by atoms with E-state index < -0.39 is 60.7 Å². The molecule has 1 amide bonds. The van der Waals surface area contributed by atoms with Gasteiger partial charge in [0.05, 0.1) is 6.20 Å². The smallest absolute Gasteiger partial charge is 0.283 e. The lowest BCUT2D eigenvalue weighted by molar-refractivity contribution is -0.00299. The highest BCUT2D eigenvalue weighted by molar-refractivity contribution is 6.02. The molecule has 0 spiro atoms. The average Bonchev–Trinajstić information content (AvgIpc) is 3.14. The van der Waals surface area contributed by atoms with Crippen molar-refractivity contribution >= 4 is 17.6 Å². The van der Waals surface area contributed by atoms with Gasteiger partial charge in [0, 0.05) is 30.0 Å². The van der Waals surface area contributed by atoms with Crippen molar-refractivity contribution in [3.8, 4) is 17.6 Å². The zero-order valence-corrected chi connectivity index (χ0v) is 18.7. The summed E-state index contributed by atoms with van der Waals surface area (Å²) in [6.07, 6.45) is -1.19. The van der Waals surface area contributed by atoms with Gasteiger partial charge in [-0.2, -0.15) is 0 Å². The number of amides is 1. The van der Waals surface area contributed by atoms with E-state index in [1.165, 1.54) is 30.5 Å². The van der Waals surface area contributed by atoms with E-state index in [9.17, 15) is 22.4 Å². The van der Waals surface area contributed by atoms with E-state index in [0.717, 1.165) is 6.07 Å². The van der Waals surface area contributed by atoms with Gasteiger partial charge in [0.25, 0.3) is 17.9 Å². The van der Waals surface area contributed by atoms with Crippen LogP contribution in [0.3, 0.4) is 0 Å². The molecule has 35 heavy (non-hydrogen) atoms. The van der Waals surface area contributed by atoms with Crippen LogP contribution in [0, 0.1) is 23.6 Å². The van der Waals surface area contributed by atoms with Crippen LogP contribution in [0.4, 0.5) is 23.2 Å². The number of aliphatic imine (C=N–C) groups is 1. The van der Waals surface area contributed by atoms with E-state index in [0.29, 0.717) is 5.75 Å². The quantitative estimate of drug-likeness (QED) is 0.474. The SMILES string of the molecule is CC#CCOc1ccc(C(=O)Nc2ccc(F)c([C@@]3(CF)N=C(N)O[C@@H]4CC(F)(F)C[C@@H]43)c2)nc1. The Bertz CT molecular complexity index is 1210. The largest absolute Gasteiger partial charge is 0.479 e. The topological polar surface area (TPSA) is 98.8 Å². The number of carbonyl (C=O) groups excluding carboxylic acids is 1. The van der Waals surface area contributed by atoms with Crippen LogP contribution in [0.1, 0.15) is 35.8 Å². The van der Waals surface area contributed by atoms with Crippen LogP contribution in [0.5, 0.6) is 5.75 Å². The highest BCUT2D eigenvalue weighted by Crippen LogP contribution is 2.53. The Hall–Kier alpha value is -3.81. The van der Waals surface area contributed by atoms with Gasteiger partial charge in [0.15, 0.2) is 0 Å². The summed E-state index contributed by atoms with van der Waals surface area (Å²) in [4.78, 5) is 20.6. The van der Waals surface area contributed by atoms with Gasteiger partial charge in [-0.1, -0.05) is 5.92 Å². The second kappa shape index (κ2) is 9.44. The average molecular weight is 490 g/mol. The maximum Gasteiger partial charge on any atom is 0.283 e. The fourth-order valence-electron chi connectivity index (χ4n) is 4.42. The molecule has 3 atom stereocenters. The Morgan fingerprint density at radius 2 is 2.11 bits per heavy atom. The lowest BCUT2D eigenvalue weighted by Gasteiger charge is -2.40. The van der Waals surface area contributed by atoms with Crippen LogP contribution in [-0.2, 0) is 10.3 Å². The van der Waals surface area contributed by atoms with Crippen molar-refractivity contribution in [1.29, 1.82) is 0 Å². The maximum absolute atomic E-state index is 14.9. The summed E-state index contributed by atoms with van der Waals surface area (Å²) in [5, 5.41) is 2.55. The summed E-state index contributed by atoms with van der Waals surface area (Å²) in [5.41, 5.74) is 3.48. The third kappa shape index (κ3) is 4.87. The molecule has 11 heteroatoms. The molecule has 2 heterocycles. The normalized spacial score (nSPS) is 24.3. The minimum absolute atomic E-state index is 0.0360. The lowest BCUT2D eigenvalue weighted by Crippen LogP contribution is -2.48. The fourth-order valence-corrected chi connectivity index (χ4v) is 4.42. The molecule has 1 aromatic carbocycles. The van der Waals surface area contributed by atoms with Crippen molar-refractivity contribution in [2.24, 2.45) is 16.6 Å². The predicted molar refractivity (Wildman–Crippen MR) is 119 cm³/mol. The van der Waals surface area contributed by atoms with Crippen LogP contribution < -0.4 is 15.8 Å². The lowest BCUT2D eigenvalue weighted by atomic mass is 9.76. The van der Waals surface area contributed by atoms with Crippen LogP contribution >= 0.6 is 0 Å². The van der Waals surface area contributed by atoms with Gasteiger partial charge in [-0.3, -0.25) is 4.79 Å². The second-order valence-electron chi connectivity index (χ2n) is 8.28. The van der Waals surface area contributed by atoms with Crippen molar-refractivity contribution in [1.82, 2.24) is 4.98 Å². The predicted octanol–water partition coefficient (Wildman–Crippen LogP) is 3.80. The molecule has 0 radical (unpaired) electrons. The summed E-state index contributed by atoms with van der Waals surface area (Å²) in [7, 11) is 0. The summed E-state index contributed by atoms with van der Waals surface area (Å²) < 4.78 is 68.3. The van der Waals surface area contributed by atoms with E-state index in [1.807, 2.05) is 0 Å². The third-order valence-corrected chi connectivity index (χ3v) is 6.01. The van der Waals surface area contributed by atoms with Crippen molar-refractivity contribution < 1.29 is 31.8 Å². The van der Waals surface area contributed by atoms with Crippen molar-refractivity contribution in [2.45, 2.75) is 37.3 Å². The third-order valence-electron chi connectivity index (χ3n) is 6.01. The highest BCUT2D eigenvalue weighted by atomic mass is 19.3. The minimum atomic E-state index is -3.14. The zero-order valence-electron chi connectivity index (χ0n) is 18.7. The summed E-state index contributed by atoms with van der Waals surface area (Å²) >= 11 is 0. The first-order valence-corrected chi connectivity index (χ1v) is 10.7. The number of nitrogens with zero attached hydrogens (tertiary/aromatic N) is 2. The molecule has 0 bridgehead atoms. The summed E-state index contributed by atoms with van der Waals surface area (Å²) in [6.45, 7) is 0.564. The summed E-state index contributed by atoms with van der Waals surface area (Å²) in [5.74, 6) is 0.0391. The molecule has 2 aromatic rings. The molecule has 2 aliphatic rings. The first-order valence-electron chi connectivity index (χ1n) is 10.7. The number of hydrogen-bond donors (Lipinski definition) is 2. The number of ether oxygens (including phenoxy) is 2. The van der Waals surface area contributed by atoms with Crippen LogP contribution in [0.25, 0.3) is 0 Å². The number of nitrogens with one attached hydrogen (secondary N) is 1. The van der Waals surface area contributed by atoms with E-state index in [4.69, 9.17) is 15.2 Å². The molecule has 1 saturated carbocycles. The highest BCUT2D eigenvalue weighted by Gasteiger charge is 2.60. The van der Waals surface area contributed by atoms with E-state index in [2.05, 4.69) is 27.1 Å². The molecule has 0 saturated heterocycles. The number of anilines is 1. The van der Waals surface area contributed by atoms with Crippen molar-refractivity contribution in [3.63, 3.8) is 0 Å². The van der Waals surface area contributed by atoms with E-state index in [-0.39, 0.29) is 23.6 Å². The van der Waals surface area contributed by atoms with Crippen LogP contribution in [0.2, 0.25) is 0 Å². The standard InChI is InChI=1S/C24H22F4N4O3/c1-2-3-8-34-15-5-7-19(30-12-15)21(33)31-14-4-6-18(26)16(9-14)24(13-25)17-10-23(27,28)11-20(17)35-22(29)32-24/h4-7,9,12,17,20H,8,10-11,13H2,1H3,(H2,29,32)(H,31,33)/t17-,20+,24+/m0/s1. The number of alkyl halides is 3. The second-order valence-corrected chi connectivity index (χ2v) is 8.28. The van der Waals surface area contributed by atoms with Crippen molar-refractivity contribution in [2.75, 3.05) is 18.6 Å². The number of fused-ring (bicyclic) bond motifs is 1. The van der Waals surface area contributed by atoms with E-state index >= 15 is 0 Å². The number of benzene rings is 1. The van der Waals surface area contributed by atoms with Gasteiger partial charge in [0.2, 0.25) is 0 Å².